The number of allylic oxidation sites excluding steroid dienone is 1. The third-order valence-electron chi connectivity index (χ3n) is 5.47. The van der Waals surface area contributed by atoms with Crippen LogP contribution in [-0.4, -0.2) is 20.8 Å². The van der Waals surface area contributed by atoms with Crippen molar-refractivity contribution in [2.24, 2.45) is 0 Å². The van der Waals surface area contributed by atoms with E-state index in [9.17, 15) is 0 Å². The predicted molar refractivity (Wildman–Crippen MR) is 114 cm³/mol. The molecular weight excluding hydrogens is 368 g/mol. The molecule has 0 bridgehead atoms. The molecule has 0 amide bonds. The molecule has 1 aromatic carbocycles. The van der Waals surface area contributed by atoms with E-state index < -0.39 is 0 Å². The van der Waals surface area contributed by atoms with Crippen LogP contribution in [0.4, 0.5) is 0 Å². The number of pyridine rings is 1. The molecule has 0 unspecified atom stereocenters. The van der Waals surface area contributed by atoms with Gasteiger partial charge in [-0.25, -0.2) is 4.68 Å². The van der Waals surface area contributed by atoms with Gasteiger partial charge in [0.2, 0.25) is 0 Å². The zero-order valence-electron chi connectivity index (χ0n) is 16.5. The van der Waals surface area contributed by atoms with Crippen LogP contribution in [0.5, 0.6) is 0 Å². The van der Waals surface area contributed by atoms with Gasteiger partial charge in [-0.2, -0.15) is 5.10 Å². The molecule has 0 spiro atoms. The maximum absolute atomic E-state index is 6.33. The Balaban J connectivity index is 1.50. The summed E-state index contributed by atoms with van der Waals surface area (Å²) in [7, 11) is 0. The van der Waals surface area contributed by atoms with E-state index in [0.717, 1.165) is 40.6 Å². The first-order valence-electron chi connectivity index (χ1n) is 9.67. The third kappa shape index (κ3) is 3.75. The third-order valence-corrected chi connectivity index (χ3v) is 5.88. The molecule has 4 nitrogen and oxygen atoms in total. The maximum Gasteiger partial charge on any atom is 0.0663 e. The van der Waals surface area contributed by atoms with Crippen molar-refractivity contribution in [3.8, 4) is 5.69 Å². The highest BCUT2D eigenvalue weighted by atomic mass is 35.5. The van der Waals surface area contributed by atoms with E-state index in [4.69, 9.17) is 16.7 Å². The van der Waals surface area contributed by atoms with Gasteiger partial charge in [-0.1, -0.05) is 35.9 Å². The summed E-state index contributed by atoms with van der Waals surface area (Å²) in [5, 5.41) is 9.17. The van der Waals surface area contributed by atoms with Crippen molar-refractivity contribution in [2.45, 2.75) is 45.7 Å². The zero-order valence-corrected chi connectivity index (χ0v) is 17.2. The van der Waals surface area contributed by atoms with Gasteiger partial charge < -0.3 is 5.32 Å². The van der Waals surface area contributed by atoms with Gasteiger partial charge in [-0.05, 0) is 57.0 Å². The van der Waals surface area contributed by atoms with Crippen LogP contribution in [0.15, 0.2) is 54.7 Å². The molecule has 0 saturated heterocycles. The lowest BCUT2D eigenvalue weighted by Crippen LogP contribution is -2.25. The van der Waals surface area contributed by atoms with E-state index in [1.807, 2.05) is 48.1 Å². The van der Waals surface area contributed by atoms with Crippen LogP contribution in [0.1, 0.15) is 40.5 Å². The van der Waals surface area contributed by atoms with Gasteiger partial charge in [0, 0.05) is 41.0 Å². The summed E-state index contributed by atoms with van der Waals surface area (Å²) >= 11 is 6.33. The summed E-state index contributed by atoms with van der Waals surface area (Å²) in [5.41, 5.74) is 6.72. The first-order valence-corrected chi connectivity index (χ1v) is 10.0. The van der Waals surface area contributed by atoms with Gasteiger partial charge in [0.1, 0.15) is 0 Å². The van der Waals surface area contributed by atoms with Crippen LogP contribution < -0.4 is 5.32 Å². The minimum Gasteiger partial charge on any atom is -0.305 e. The van der Waals surface area contributed by atoms with Crippen LogP contribution in [0.2, 0.25) is 5.02 Å². The van der Waals surface area contributed by atoms with Crippen molar-refractivity contribution in [1.29, 1.82) is 0 Å². The van der Waals surface area contributed by atoms with Crippen LogP contribution >= 0.6 is 11.6 Å². The summed E-state index contributed by atoms with van der Waals surface area (Å²) in [6, 6.07) is 12.5. The molecule has 0 aliphatic heterocycles. The molecule has 4 rings (SSSR count). The van der Waals surface area contributed by atoms with Crippen molar-refractivity contribution in [3.05, 3.63) is 88.0 Å². The Morgan fingerprint density at radius 2 is 2.00 bits per heavy atom. The molecule has 1 aliphatic rings. The standard InChI is InChI=1S/C23H25ClN4/c1-15-7-10-21(13-22(15)24)28-17(3)23(16(2)27-28)18-8-9-19(12-18)26-14-20-6-4-5-11-25-20/h4-11,13,18-19,26H,12,14H2,1-3H3/t18-,19-/m1/s1. The summed E-state index contributed by atoms with van der Waals surface area (Å²) in [6.07, 6.45) is 7.45. The van der Waals surface area contributed by atoms with Crippen LogP contribution in [-0.2, 0) is 6.54 Å². The van der Waals surface area contributed by atoms with Gasteiger partial charge >= 0.3 is 0 Å². The number of nitrogens with zero attached hydrogens (tertiary/aromatic N) is 3. The zero-order chi connectivity index (χ0) is 19.7. The van der Waals surface area contributed by atoms with Crippen molar-refractivity contribution in [1.82, 2.24) is 20.1 Å². The number of halogens is 1. The van der Waals surface area contributed by atoms with Gasteiger partial charge in [0.25, 0.3) is 0 Å². The number of benzene rings is 1. The number of hydrogen-bond donors (Lipinski definition) is 1. The smallest absolute Gasteiger partial charge is 0.0663 e. The van der Waals surface area contributed by atoms with Crippen molar-refractivity contribution < 1.29 is 0 Å². The lowest BCUT2D eigenvalue weighted by molar-refractivity contribution is 0.554. The van der Waals surface area contributed by atoms with E-state index in [0.29, 0.717) is 12.0 Å². The molecule has 2 heterocycles. The summed E-state index contributed by atoms with van der Waals surface area (Å²) in [4.78, 5) is 4.38. The fraction of sp³-hybridized carbons (Fsp3) is 0.304. The summed E-state index contributed by atoms with van der Waals surface area (Å²) < 4.78 is 2.01. The van der Waals surface area contributed by atoms with Gasteiger partial charge in [0.05, 0.1) is 17.1 Å². The van der Waals surface area contributed by atoms with Gasteiger partial charge in [-0.15, -0.1) is 0 Å². The molecular formula is C23H25ClN4. The van der Waals surface area contributed by atoms with E-state index in [2.05, 4.69) is 42.4 Å². The highest BCUT2D eigenvalue weighted by Crippen LogP contribution is 2.34. The topological polar surface area (TPSA) is 42.7 Å². The fourth-order valence-electron chi connectivity index (χ4n) is 3.96. The van der Waals surface area contributed by atoms with E-state index in [1.165, 1.54) is 11.3 Å². The second-order valence-corrected chi connectivity index (χ2v) is 7.87. The molecule has 28 heavy (non-hydrogen) atoms. The Labute approximate surface area is 171 Å². The predicted octanol–water partition coefficient (Wildman–Crippen LogP) is 5.05. The van der Waals surface area contributed by atoms with E-state index >= 15 is 0 Å². The Morgan fingerprint density at radius 1 is 1.14 bits per heavy atom. The Kier molecular flexibility index (Phi) is 5.33. The molecule has 144 valence electrons. The molecule has 1 N–H and O–H groups in total. The Hall–Kier alpha value is -2.43. The number of aromatic nitrogens is 3. The minimum absolute atomic E-state index is 0.350. The van der Waals surface area contributed by atoms with E-state index in [-0.39, 0.29) is 0 Å². The highest BCUT2D eigenvalue weighted by Gasteiger charge is 2.26. The Morgan fingerprint density at radius 3 is 2.75 bits per heavy atom. The van der Waals surface area contributed by atoms with E-state index in [1.54, 1.807) is 0 Å². The SMILES string of the molecule is Cc1ccc(-n2nc(C)c([C@@H]3C=C[C@@H](NCc4ccccn4)C3)c2C)cc1Cl. The fourth-order valence-corrected chi connectivity index (χ4v) is 4.13. The highest BCUT2D eigenvalue weighted by molar-refractivity contribution is 6.31. The first-order chi connectivity index (χ1) is 13.5. The maximum atomic E-state index is 6.33. The number of hydrogen-bond acceptors (Lipinski definition) is 3. The van der Waals surface area contributed by atoms with Crippen LogP contribution in [0.25, 0.3) is 5.69 Å². The lowest BCUT2D eigenvalue weighted by Gasteiger charge is -2.14. The molecule has 0 fully saturated rings. The second-order valence-electron chi connectivity index (χ2n) is 7.47. The number of nitrogens with one attached hydrogen (secondary N) is 1. The average molecular weight is 393 g/mol. The summed E-state index contributed by atoms with van der Waals surface area (Å²) in [5.74, 6) is 0.371. The second kappa shape index (κ2) is 7.90. The normalized spacial score (nSPS) is 18.7. The van der Waals surface area contributed by atoms with Crippen molar-refractivity contribution in [2.75, 3.05) is 0 Å². The number of rotatable bonds is 5. The molecule has 3 aromatic rings. The van der Waals surface area contributed by atoms with Gasteiger partial charge in [0.15, 0.2) is 0 Å². The van der Waals surface area contributed by atoms with Crippen LogP contribution in [0, 0.1) is 20.8 Å². The Bertz CT molecular complexity index is 1010. The molecule has 0 radical (unpaired) electrons. The molecule has 2 aromatic heterocycles. The van der Waals surface area contributed by atoms with Crippen molar-refractivity contribution >= 4 is 11.6 Å². The van der Waals surface area contributed by atoms with Crippen LogP contribution in [0.3, 0.4) is 0 Å². The average Bonchev–Trinajstić information content (AvgIpc) is 3.27. The largest absolute Gasteiger partial charge is 0.305 e. The molecule has 2 atom stereocenters. The minimum atomic E-state index is 0.350. The first kappa shape index (κ1) is 18.9. The summed E-state index contributed by atoms with van der Waals surface area (Å²) in [6.45, 7) is 7.03. The quantitative estimate of drug-likeness (QED) is 0.618. The van der Waals surface area contributed by atoms with Crippen molar-refractivity contribution in [3.63, 3.8) is 0 Å². The monoisotopic (exact) mass is 392 g/mol. The lowest BCUT2D eigenvalue weighted by atomic mass is 9.96. The number of aryl methyl sites for hydroxylation is 2. The molecule has 0 saturated carbocycles. The van der Waals surface area contributed by atoms with Gasteiger partial charge in [-0.3, -0.25) is 4.98 Å². The molecule has 5 heteroatoms. The molecule has 1 aliphatic carbocycles.